The zero-order valence-electron chi connectivity index (χ0n) is 8.27. The molecule has 0 saturated carbocycles. The van der Waals surface area contributed by atoms with Crippen molar-refractivity contribution in [2.45, 2.75) is 16.9 Å². The Hall–Kier alpha value is -0.510. The second-order valence-electron chi connectivity index (χ2n) is 3.57. The zero-order valence-corrected chi connectivity index (χ0v) is 9.09. The van der Waals surface area contributed by atoms with Crippen molar-refractivity contribution in [3.8, 4) is 0 Å². The minimum absolute atomic E-state index is 0.121. The standard InChI is InChI=1S/C11H15NOS/c1-13-6-10(12)9-7-14-11-5-3-2-4-8(9)11/h2-5,9-10H,6-7,12H2,1H3. The third kappa shape index (κ3) is 1.80. The number of thioether (sulfide) groups is 1. The summed E-state index contributed by atoms with van der Waals surface area (Å²) >= 11 is 1.89. The average molecular weight is 209 g/mol. The molecule has 0 spiro atoms. The van der Waals surface area contributed by atoms with E-state index in [-0.39, 0.29) is 6.04 Å². The van der Waals surface area contributed by atoms with Crippen LogP contribution in [-0.2, 0) is 4.74 Å². The predicted molar refractivity (Wildman–Crippen MR) is 59.8 cm³/mol. The van der Waals surface area contributed by atoms with Crippen molar-refractivity contribution in [1.82, 2.24) is 0 Å². The fourth-order valence-corrected chi connectivity index (χ4v) is 3.20. The van der Waals surface area contributed by atoms with Crippen molar-refractivity contribution in [2.75, 3.05) is 19.5 Å². The lowest BCUT2D eigenvalue weighted by molar-refractivity contribution is 0.173. The van der Waals surface area contributed by atoms with E-state index < -0.39 is 0 Å². The van der Waals surface area contributed by atoms with Crippen molar-refractivity contribution in [2.24, 2.45) is 5.73 Å². The normalized spacial score (nSPS) is 22.0. The Balaban J connectivity index is 2.17. The highest BCUT2D eigenvalue weighted by atomic mass is 32.2. The van der Waals surface area contributed by atoms with Crippen molar-refractivity contribution < 1.29 is 4.74 Å². The Morgan fingerprint density at radius 2 is 2.36 bits per heavy atom. The zero-order chi connectivity index (χ0) is 9.97. The summed E-state index contributed by atoms with van der Waals surface area (Å²) in [6, 6.07) is 8.62. The van der Waals surface area contributed by atoms with Gasteiger partial charge in [0.05, 0.1) is 6.61 Å². The van der Waals surface area contributed by atoms with Gasteiger partial charge in [-0.3, -0.25) is 0 Å². The lowest BCUT2D eigenvalue weighted by atomic mass is 9.94. The Labute approximate surface area is 88.8 Å². The van der Waals surface area contributed by atoms with Crippen LogP contribution < -0.4 is 5.73 Å². The van der Waals surface area contributed by atoms with E-state index in [4.69, 9.17) is 10.5 Å². The van der Waals surface area contributed by atoms with Gasteiger partial charge in [0, 0.05) is 29.7 Å². The SMILES string of the molecule is COCC(N)C1CSc2ccccc21. The van der Waals surface area contributed by atoms with E-state index in [0.29, 0.717) is 12.5 Å². The summed E-state index contributed by atoms with van der Waals surface area (Å²) < 4.78 is 5.10. The molecule has 1 aliphatic rings. The summed E-state index contributed by atoms with van der Waals surface area (Å²) in [5.74, 6) is 1.54. The lowest BCUT2D eigenvalue weighted by Gasteiger charge is -2.18. The summed E-state index contributed by atoms with van der Waals surface area (Å²) in [5.41, 5.74) is 7.46. The van der Waals surface area contributed by atoms with E-state index in [2.05, 4.69) is 24.3 Å². The Bertz CT molecular complexity index is 316. The third-order valence-electron chi connectivity index (χ3n) is 2.61. The minimum atomic E-state index is 0.121. The molecule has 0 saturated heterocycles. The Morgan fingerprint density at radius 3 is 3.14 bits per heavy atom. The fourth-order valence-electron chi connectivity index (χ4n) is 1.85. The van der Waals surface area contributed by atoms with Crippen LogP contribution >= 0.6 is 11.8 Å². The molecule has 1 heterocycles. The van der Waals surface area contributed by atoms with Crippen LogP contribution in [0.3, 0.4) is 0 Å². The molecule has 1 aromatic rings. The molecule has 0 aliphatic carbocycles. The highest BCUT2D eigenvalue weighted by Crippen LogP contribution is 2.40. The monoisotopic (exact) mass is 209 g/mol. The smallest absolute Gasteiger partial charge is 0.0620 e. The van der Waals surface area contributed by atoms with E-state index in [9.17, 15) is 0 Å². The van der Waals surface area contributed by atoms with Gasteiger partial charge >= 0.3 is 0 Å². The molecular formula is C11H15NOS. The molecule has 0 fully saturated rings. The largest absolute Gasteiger partial charge is 0.383 e. The summed E-state index contributed by atoms with van der Waals surface area (Å²) in [7, 11) is 1.70. The molecule has 76 valence electrons. The number of methoxy groups -OCH3 is 1. The molecular weight excluding hydrogens is 194 g/mol. The quantitative estimate of drug-likeness (QED) is 0.825. The molecule has 0 bridgehead atoms. The first-order valence-corrected chi connectivity index (χ1v) is 5.77. The Kier molecular flexibility index (Phi) is 3.11. The summed E-state index contributed by atoms with van der Waals surface area (Å²) in [4.78, 5) is 1.38. The van der Waals surface area contributed by atoms with E-state index in [1.807, 2.05) is 11.8 Å². The fraction of sp³-hybridized carbons (Fsp3) is 0.455. The van der Waals surface area contributed by atoms with Crippen molar-refractivity contribution in [3.05, 3.63) is 29.8 Å². The number of hydrogen-bond donors (Lipinski definition) is 1. The van der Waals surface area contributed by atoms with Crippen LogP contribution in [0.25, 0.3) is 0 Å². The van der Waals surface area contributed by atoms with Gasteiger partial charge in [0.15, 0.2) is 0 Å². The van der Waals surface area contributed by atoms with Crippen LogP contribution in [-0.4, -0.2) is 25.5 Å². The first-order valence-electron chi connectivity index (χ1n) is 4.79. The van der Waals surface area contributed by atoms with Gasteiger partial charge in [-0.25, -0.2) is 0 Å². The van der Waals surface area contributed by atoms with Gasteiger partial charge in [-0.15, -0.1) is 11.8 Å². The number of rotatable bonds is 3. The molecule has 14 heavy (non-hydrogen) atoms. The maximum atomic E-state index is 6.07. The highest BCUT2D eigenvalue weighted by Gasteiger charge is 2.27. The summed E-state index contributed by atoms with van der Waals surface area (Å²) in [5, 5.41) is 0. The van der Waals surface area contributed by atoms with E-state index >= 15 is 0 Å². The second-order valence-corrected chi connectivity index (χ2v) is 4.64. The van der Waals surface area contributed by atoms with Crippen molar-refractivity contribution in [3.63, 3.8) is 0 Å². The van der Waals surface area contributed by atoms with Crippen LogP contribution in [0, 0.1) is 0 Å². The first kappa shape index (κ1) is 10.0. The molecule has 3 heteroatoms. The van der Waals surface area contributed by atoms with Crippen LogP contribution in [0.4, 0.5) is 0 Å². The van der Waals surface area contributed by atoms with Crippen LogP contribution in [0.15, 0.2) is 29.2 Å². The molecule has 2 unspecified atom stereocenters. The van der Waals surface area contributed by atoms with Gasteiger partial charge in [-0.1, -0.05) is 18.2 Å². The predicted octanol–water partition coefficient (Wildman–Crippen LogP) is 1.85. The average Bonchev–Trinajstić information content (AvgIpc) is 2.61. The molecule has 2 N–H and O–H groups in total. The van der Waals surface area contributed by atoms with Gasteiger partial charge in [-0.05, 0) is 11.6 Å². The van der Waals surface area contributed by atoms with Gasteiger partial charge in [0.1, 0.15) is 0 Å². The maximum absolute atomic E-state index is 6.07. The van der Waals surface area contributed by atoms with Gasteiger partial charge in [-0.2, -0.15) is 0 Å². The topological polar surface area (TPSA) is 35.2 Å². The molecule has 0 amide bonds. The van der Waals surface area contributed by atoms with Crippen LogP contribution in [0.2, 0.25) is 0 Å². The summed E-state index contributed by atoms with van der Waals surface area (Å²) in [6.45, 7) is 0.638. The Morgan fingerprint density at radius 1 is 1.57 bits per heavy atom. The lowest BCUT2D eigenvalue weighted by Crippen LogP contribution is -2.33. The molecule has 0 aromatic heterocycles. The minimum Gasteiger partial charge on any atom is -0.383 e. The second kappa shape index (κ2) is 4.34. The van der Waals surface area contributed by atoms with Crippen LogP contribution in [0.5, 0.6) is 0 Å². The van der Waals surface area contributed by atoms with Gasteiger partial charge in [0.25, 0.3) is 0 Å². The summed E-state index contributed by atoms with van der Waals surface area (Å²) in [6.07, 6.45) is 0. The molecule has 2 atom stereocenters. The van der Waals surface area contributed by atoms with Gasteiger partial charge in [0.2, 0.25) is 0 Å². The van der Waals surface area contributed by atoms with Crippen molar-refractivity contribution in [1.29, 1.82) is 0 Å². The highest BCUT2D eigenvalue weighted by molar-refractivity contribution is 7.99. The third-order valence-corrected chi connectivity index (χ3v) is 3.82. The number of nitrogens with two attached hydrogens (primary N) is 1. The molecule has 2 nitrogen and oxygen atoms in total. The molecule has 2 rings (SSSR count). The van der Waals surface area contributed by atoms with Crippen molar-refractivity contribution >= 4 is 11.8 Å². The number of benzene rings is 1. The maximum Gasteiger partial charge on any atom is 0.0620 e. The number of hydrogen-bond acceptors (Lipinski definition) is 3. The molecule has 1 aliphatic heterocycles. The number of fused-ring (bicyclic) bond motifs is 1. The van der Waals surface area contributed by atoms with Gasteiger partial charge < -0.3 is 10.5 Å². The molecule has 1 aromatic carbocycles. The van der Waals surface area contributed by atoms with Crippen LogP contribution in [0.1, 0.15) is 11.5 Å². The first-order chi connectivity index (χ1) is 6.83. The number of ether oxygens (including phenoxy) is 1. The van der Waals surface area contributed by atoms with E-state index in [1.54, 1.807) is 7.11 Å². The van der Waals surface area contributed by atoms with E-state index in [0.717, 1.165) is 5.75 Å². The van der Waals surface area contributed by atoms with E-state index in [1.165, 1.54) is 10.5 Å². The molecule has 0 radical (unpaired) electrons.